The van der Waals surface area contributed by atoms with Crippen molar-refractivity contribution < 1.29 is 33.7 Å². The Bertz CT molecular complexity index is 1130. The van der Waals surface area contributed by atoms with E-state index in [1.165, 1.54) is 0 Å². The van der Waals surface area contributed by atoms with Crippen molar-refractivity contribution in [3.63, 3.8) is 0 Å². The molecule has 1 atom stereocenters. The molecule has 0 aromatic heterocycles. The summed E-state index contributed by atoms with van der Waals surface area (Å²) in [6.45, 7) is 12.5. The van der Waals surface area contributed by atoms with Crippen LogP contribution in [0.1, 0.15) is 78.0 Å². The van der Waals surface area contributed by atoms with E-state index < -0.39 is 39.9 Å². The minimum absolute atomic E-state index is 0.0420. The van der Waals surface area contributed by atoms with E-state index in [1.807, 2.05) is 36.4 Å². The molecule has 0 aliphatic heterocycles. The van der Waals surface area contributed by atoms with Gasteiger partial charge in [0.15, 0.2) is 5.41 Å². The summed E-state index contributed by atoms with van der Waals surface area (Å²) in [7, 11) is 0. The van der Waals surface area contributed by atoms with Crippen LogP contribution in [0.4, 0.5) is 0 Å². The summed E-state index contributed by atoms with van der Waals surface area (Å²) in [6.07, 6.45) is -0.304. The molecule has 0 radical (unpaired) electrons. The van der Waals surface area contributed by atoms with Crippen molar-refractivity contribution >= 4 is 17.9 Å². The first-order chi connectivity index (χ1) is 17.0. The van der Waals surface area contributed by atoms with Crippen LogP contribution < -0.4 is 4.74 Å². The molecule has 1 N–H and O–H groups in total. The Balaban J connectivity index is 2.08. The predicted octanol–water partition coefficient (Wildman–Crippen LogP) is 5.61. The van der Waals surface area contributed by atoms with Gasteiger partial charge in [-0.3, -0.25) is 14.4 Å². The highest BCUT2D eigenvalue weighted by Gasteiger charge is 2.58. The Morgan fingerprint density at radius 2 is 1.46 bits per heavy atom. The molecule has 2 aromatic carbocycles. The molecule has 7 heteroatoms. The molecule has 0 spiro atoms. The third-order valence-electron chi connectivity index (χ3n) is 6.28. The summed E-state index contributed by atoms with van der Waals surface area (Å²) < 4.78 is 17.5. The SMILES string of the molecule is CC(C)(C)OC(=O)C1(C(=O)OC(C)(C)C)Cc2ccc(OCc3ccccc3)cc2C(C)(CC(=O)O)C1. The number of hydrogen-bond acceptors (Lipinski definition) is 6. The van der Waals surface area contributed by atoms with Gasteiger partial charge < -0.3 is 19.3 Å². The highest BCUT2D eigenvalue weighted by molar-refractivity contribution is 6.01. The fourth-order valence-corrected chi connectivity index (χ4v) is 4.87. The van der Waals surface area contributed by atoms with Crippen LogP contribution in [0, 0.1) is 5.41 Å². The van der Waals surface area contributed by atoms with Crippen LogP contribution in [-0.4, -0.2) is 34.2 Å². The van der Waals surface area contributed by atoms with Crippen molar-refractivity contribution in [3.8, 4) is 5.75 Å². The number of aliphatic carboxylic acids is 1. The summed E-state index contributed by atoms with van der Waals surface area (Å²) >= 11 is 0. The Morgan fingerprint density at radius 3 is 1.97 bits per heavy atom. The molecule has 37 heavy (non-hydrogen) atoms. The zero-order chi connectivity index (χ0) is 27.6. The summed E-state index contributed by atoms with van der Waals surface area (Å²) in [6, 6.07) is 15.1. The number of hydrogen-bond donors (Lipinski definition) is 1. The quantitative estimate of drug-likeness (QED) is 0.382. The van der Waals surface area contributed by atoms with Crippen molar-refractivity contribution in [2.45, 2.75) is 91.0 Å². The van der Waals surface area contributed by atoms with Crippen LogP contribution in [0.15, 0.2) is 48.5 Å². The van der Waals surface area contributed by atoms with Gasteiger partial charge in [0.05, 0.1) is 6.42 Å². The van der Waals surface area contributed by atoms with Crippen LogP contribution in [0.5, 0.6) is 5.75 Å². The van der Waals surface area contributed by atoms with Crippen LogP contribution in [0.3, 0.4) is 0 Å². The molecule has 3 rings (SSSR count). The minimum Gasteiger partial charge on any atom is -0.489 e. The first kappa shape index (κ1) is 28.2. The topological polar surface area (TPSA) is 99.1 Å². The van der Waals surface area contributed by atoms with Gasteiger partial charge in [-0.25, -0.2) is 0 Å². The van der Waals surface area contributed by atoms with E-state index in [9.17, 15) is 19.5 Å². The van der Waals surface area contributed by atoms with E-state index in [0.29, 0.717) is 17.9 Å². The van der Waals surface area contributed by atoms with Gasteiger partial charge in [0, 0.05) is 5.41 Å². The highest BCUT2D eigenvalue weighted by Crippen LogP contribution is 2.51. The largest absolute Gasteiger partial charge is 0.489 e. The lowest BCUT2D eigenvalue weighted by molar-refractivity contribution is -0.188. The lowest BCUT2D eigenvalue weighted by Crippen LogP contribution is -2.54. The van der Waals surface area contributed by atoms with Crippen molar-refractivity contribution in [2.75, 3.05) is 0 Å². The molecule has 1 unspecified atom stereocenters. The number of esters is 2. The van der Waals surface area contributed by atoms with Crippen LogP contribution >= 0.6 is 0 Å². The Labute approximate surface area is 219 Å². The first-order valence-electron chi connectivity index (χ1n) is 12.5. The molecule has 0 heterocycles. The number of carbonyl (C=O) groups is 3. The summed E-state index contributed by atoms with van der Waals surface area (Å²) in [5.74, 6) is -1.86. The summed E-state index contributed by atoms with van der Waals surface area (Å²) in [5.41, 5.74) is -2.00. The molecule has 0 bridgehead atoms. The average molecular weight is 511 g/mol. The molecule has 1 aliphatic carbocycles. The van der Waals surface area contributed by atoms with Crippen molar-refractivity contribution in [1.82, 2.24) is 0 Å². The Hall–Kier alpha value is -3.35. The maximum atomic E-state index is 13.7. The number of carboxylic acids is 1. The van der Waals surface area contributed by atoms with Crippen molar-refractivity contribution in [2.24, 2.45) is 5.41 Å². The molecule has 200 valence electrons. The minimum atomic E-state index is -1.69. The molecule has 0 amide bonds. The fraction of sp³-hybridized carbons (Fsp3) is 0.500. The van der Waals surface area contributed by atoms with Gasteiger partial charge in [0.25, 0.3) is 0 Å². The summed E-state index contributed by atoms with van der Waals surface area (Å²) in [4.78, 5) is 39.4. The molecule has 0 saturated carbocycles. The molecule has 0 saturated heterocycles. The fourth-order valence-electron chi connectivity index (χ4n) is 4.87. The molecular weight excluding hydrogens is 472 g/mol. The van der Waals surface area contributed by atoms with Crippen molar-refractivity contribution in [1.29, 1.82) is 0 Å². The van der Waals surface area contributed by atoms with Gasteiger partial charge in [-0.15, -0.1) is 0 Å². The molecular formula is C30H38O7. The van der Waals surface area contributed by atoms with Crippen molar-refractivity contribution in [3.05, 3.63) is 65.2 Å². The first-order valence-corrected chi connectivity index (χ1v) is 12.5. The molecule has 1 aliphatic rings. The van der Waals surface area contributed by atoms with Gasteiger partial charge in [0.1, 0.15) is 23.6 Å². The molecule has 0 fully saturated rings. The number of fused-ring (bicyclic) bond motifs is 1. The van der Waals surface area contributed by atoms with Gasteiger partial charge in [-0.05, 0) is 83.2 Å². The highest BCUT2D eigenvalue weighted by atomic mass is 16.6. The van der Waals surface area contributed by atoms with E-state index in [4.69, 9.17) is 14.2 Å². The van der Waals surface area contributed by atoms with E-state index in [1.54, 1.807) is 60.6 Å². The van der Waals surface area contributed by atoms with E-state index >= 15 is 0 Å². The summed E-state index contributed by atoms with van der Waals surface area (Å²) in [5, 5.41) is 9.83. The maximum absolute atomic E-state index is 13.7. The lowest BCUT2D eigenvalue weighted by atomic mass is 9.59. The predicted molar refractivity (Wildman–Crippen MR) is 139 cm³/mol. The van der Waals surface area contributed by atoms with Gasteiger partial charge >= 0.3 is 17.9 Å². The second-order valence-corrected chi connectivity index (χ2v) is 12.2. The zero-order valence-electron chi connectivity index (χ0n) is 22.8. The molecule has 2 aromatic rings. The lowest BCUT2D eigenvalue weighted by Gasteiger charge is -2.45. The number of carbonyl (C=O) groups excluding carboxylic acids is 2. The second-order valence-electron chi connectivity index (χ2n) is 12.2. The number of rotatable bonds is 7. The average Bonchev–Trinajstić information content (AvgIpc) is 2.75. The number of benzene rings is 2. The monoisotopic (exact) mass is 510 g/mol. The van der Waals surface area contributed by atoms with Crippen LogP contribution in [0.25, 0.3) is 0 Å². The standard InChI is InChI=1S/C30H38O7/c1-27(2,3)36-25(33)30(26(34)37-28(4,5)6)16-21-13-14-22(35-18-20-11-9-8-10-12-20)15-23(21)29(7,19-30)17-24(31)32/h8-15H,16-19H2,1-7H3,(H,31,32). The number of carboxylic acid groups (broad SMARTS) is 1. The Kier molecular flexibility index (Phi) is 7.77. The van der Waals surface area contributed by atoms with Gasteiger partial charge in [-0.1, -0.05) is 43.3 Å². The van der Waals surface area contributed by atoms with E-state index in [2.05, 4.69) is 0 Å². The van der Waals surface area contributed by atoms with E-state index in [0.717, 1.165) is 11.1 Å². The zero-order valence-corrected chi connectivity index (χ0v) is 22.8. The second kappa shape index (κ2) is 10.2. The smallest absolute Gasteiger partial charge is 0.324 e. The van der Waals surface area contributed by atoms with E-state index in [-0.39, 0.29) is 19.3 Å². The normalized spacial score (nSPS) is 18.9. The molecule has 7 nitrogen and oxygen atoms in total. The third-order valence-corrected chi connectivity index (χ3v) is 6.28. The van der Waals surface area contributed by atoms with Gasteiger partial charge in [-0.2, -0.15) is 0 Å². The Morgan fingerprint density at radius 1 is 0.892 bits per heavy atom. The van der Waals surface area contributed by atoms with Gasteiger partial charge in [0.2, 0.25) is 0 Å². The van der Waals surface area contributed by atoms with Crippen LogP contribution in [-0.2, 0) is 42.3 Å². The number of ether oxygens (including phenoxy) is 3. The van der Waals surface area contributed by atoms with Crippen LogP contribution in [0.2, 0.25) is 0 Å². The third kappa shape index (κ3) is 6.90. The maximum Gasteiger partial charge on any atom is 0.324 e.